The van der Waals surface area contributed by atoms with Gasteiger partial charge in [0, 0.05) is 18.3 Å². The Bertz CT molecular complexity index is 1090. The Morgan fingerprint density at radius 3 is 2.73 bits per heavy atom. The highest BCUT2D eigenvalue weighted by molar-refractivity contribution is 7.91. The van der Waals surface area contributed by atoms with Gasteiger partial charge < -0.3 is 4.90 Å². The first kappa shape index (κ1) is 16.7. The van der Waals surface area contributed by atoms with E-state index in [9.17, 15) is 8.42 Å². The van der Waals surface area contributed by atoms with Crippen molar-refractivity contribution in [3.63, 3.8) is 0 Å². The van der Waals surface area contributed by atoms with Crippen LogP contribution in [0.1, 0.15) is 18.4 Å². The molecule has 3 N–H and O–H groups in total. The highest BCUT2D eigenvalue weighted by Gasteiger charge is 2.33. The molecule has 0 aliphatic heterocycles. The molecule has 8 nitrogen and oxygen atoms in total. The van der Waals surface area contributed by atoms with Gasteiger partial charge in [0.15, 0.2) is 11.6 Å². The smallest absolute Gasteiger partial charge is 0.247 e. The van der Waals surface area contributed by atoms with E-state index in [0.717, 1.165) is 30.0 Å². The number of primary sulfonamides is 1. The van der Waals surface area contributed by atoms with Crippen molar-refractivity contribution in [1.82, 2.24) is 20.2 Å². The van der Waals surface area contributed by atoms with E-state index in [1.165, 1.54) is 6.07 Å². The second-order valence-electron chi connectivity index (χ2n) is 5.78. The maximum absolute atomic E-state index is 11.5. The van der Waals surface area contributed by atoms with Crippen LogP contribution in [0.3, 0.4) is 0 Å². The zero-order valence-electron chi connectivity index (χ0n) is 13.5. The topological polar surface area (TPSA) is 118 Å². The van der Waals surface area contributed by atoms with Gasteiger partial charge in [0.25, 0.3) is 0 Å². The zero-order valence-corrected chi connectivity index (χ0v) is 15.1. The molecule has 0 aromatic carbocycles. The van der Waals surface area contributed by atoms with Gasteiger partial charge in [0.1, 0.15) is 10.0 Å². The molecular formula is C16H14N6O2S2. The lowest BCUT2D eigenvalue weighted by atomic mass is 10.2. The van der Waals surface area contributed by atoms with Crippen LogP contribution in [0.25, 0.3) is 10.7 Å². The maximum atomic E-state index is 11.5. The first-order valence-electron chi connectivity index (χ1n) is 7.72. The quantitative estimate of drug-likeness (QED) is 0.646. The van der Waals surface area contributed by atoms with E-state index in [-0.39, 0.29) is 10.3 Å². The highest BCUT2D eigenvalue weighted by atomic mass is 32.2. The van der Waals surface area contributed by atoms with Crippen LogP contribution in [0, 0.1) is 12.3 Å². The molecule has 4 rings (SSSR count). The lowest BCUT2D eigenvalue weighted by Crippen LogP contribution is -2.22. The maximum Gasteiger partial charge on any atom is 0.247 e. The van der Waals surface area contributed by atoms with Gasteiger partial charge in [-0.2, -0.15) is 5.10 Å². The van der Waals surface area contributed by atoms with Gasteiger partial charge in [-0.15, -0.1) is 17.8 Å². The molecule has 0 amide bonds. The standard InChI is InChI=1S/C16H14N6O2S2/c1-2-10-9-18-15(12-5-6-14(25-12)26(17,23)24)20-16(10)22(11-3-4-11)13-7-8-19-21-13/h1,5-9,11H,3-4H2,(H,19,21)(H2,17,23,24). The van der Waals surface area contributed by atoms with E-state index in [2.05, 4.69) is 26.1 Å². The number of anilines is 2. The summed E-state index contributed by atoms with van der Waals surface area (Å²) in [6, 6.07) is 5.22. The van der Waals surface area contributed by atoms with Crippen molar-refractivity contribution >= 4 is 33.0 Å². The molecule has 0 spiro atoms. The molecule has 0 bridgehead atoms. The first-order valence-corrected chi connectivity index (χ1v) is 10.1. The largest absolute Gasteiger partial charge is 0.307 e. The van der Waals surface area contributed by atoms with Crippen molar-refractivity contribution in [3.8, 4) is 23.0 Å². The number of nitrogens with one attached hydrogen (secondary N) is 1. The molecule has 1 aliphatic rings. The fourth-order valence-electron chi connectivity index (χ4n) is 2.57. The van der Waals surface area contributed by atoms with Crippen LogP contribution in [-0.2, 0) is 10.0 Å². The van der Waals surface area contributed by atoms with Crippen LogP contribution in [0.2, 0.25) is 0 Å². The number of sulfonamides is 1. The molecule has 3 aromatic rings. The van der Waals surface area contributed by atoms with E-state index in [1.54, 1.807) is 18.5 Å². The number of aromatic amines is 1. The minimum atomic E-state index is -3.76. The van der Waals surface area contributed by atoms with Crippen LogP contribution in [0.5, 0.6) is 0 Å². The van der Waals surface area contributed by atoms with Crippen molar-refractivity contribution < 1.29 is 8.42 Å². The number of rotatable bonds is 5. The Labute approximate surface area is 154 Å². The molecule has 1 fully saturated rings. The summed E-state index contributed by atoms with van der Waals surface area (Å²) in [6.45, 7) is 0. The highest BCUT2D eigenvalue weighted by Crippen LogP contribution is 2.38. The van der Waals surface area contributed by atoms with Crippen LogP contribution in [0.15, 0.2) is 34.8 Å². The molecule has 0 saturated heterocycles. The van der Waals surface area contributed by atoms with Crippen LogP contribution in [-0.4, -0.2) is 34.6 Å². The Morgan fingerprint density at radius 1 is 1.35 bits per heavy atom. The molecule has 3 aromatic heterocycles. The van der Waals surface area contributed by atoms with Gasteiger partial charge in [0.2, 0.25) is 10.0 Å². The Balaban J connectivity index is 1.81. The Hall–Kier alpha value is -2.74. The van der Waals surface area contributed by atoms with E-state index < -0.39 is 10.0 Å². The Morgan fingerprint density at radius 2 is 2.15 bits per heavy atom. The number of terminal acetylenes is 1. The summed E-state index contributed by atoms with van der Waals surface area (Å²) in [5.41, 5.74) is 0.554. The first-order chi connectivity index (χ1) is 12.5. The molecular weight excluding hydrogens is 372 g/mol. The molecule has 26 heavy (non-hydrogen) atoms. The minimum absolute atomic E-state index is 0.0614. The van der Waals surface area contributed by atoms with Gasteiger partial charge in [-0.25, -0.2) is 23.5 Å². The van der Waals surface area contributed by atoms with Crippen molar-refractivity contribution in [2.75, 3.05) is 4.90 Å². The summed E-state index contributed by atoms with van der Waals surface area (Å²) in [6.07, 6.45) is 10.9. The fraction of sp³-hybridized carbons (Fsp3) is 0.188. The second kappa shape index (κ2) is 6.21. The molecule has 132 valence electrons. The summed E-state index contributed by atoms with van der Waals surface area (Å²) in [4.78, 5) is 11.5. The molecule has 1 aliphatic carbocycles. The van der Waals surface area contributed by atoms with Crippen molar-refractivity contribution in [1.29, 1.82) is 0 Å². The minimum Gasteiger partial charge on any atom is -0.307 e. The van der Waals surface area contributed by atoms with Gasteiger partial charge in [0.05, 0.1) is 16.6 Å². The zero-order chi connectivity index (χ0) is 18.3. The van der Waals surface area contributed by atoms with Crippen LogP contribution < -0.4 is 10.0 Å². The lowest BCUT2D eigenvalue weighted by molar-refractivity contribution is 0.600. The second-order valence-corrected chi connectivity index (χ2v) is 8.65. The summed E-state index contributed by atoms with van der Waals surface area (Å²) in [5.74, 6) is 4.40. The third kappa shape index (κ3) is 3.08. The number of nitrogens with two attached hydrogens (primary N) is 1. The summed E-state index contributed by atoms with van der Waals surface area (Å²) in [5, 5.41) is 12.1. The van der Waals surface area contributed by atoms with E-state index in [1.807, 2.05) is 11.0 Å². The van der Waals surface area contributed by atoms with Gasteiger partial charge in [-0.1, -0.05) is 5.92 Å². The Kier molecular flexibility index (Phi) is 3.99. The third-order valence-corrected chi connectivity index (χ3v) is 6.41. The molecule has 3 heterocycles. The number of aromatic nitrogens is 4. The summed E-state index contributed by atoms with van der Waals surface area (Å²) in [7, 11) is -3.76. The van der Waals surface area contributed by atoms with Crippen molar-refractivity contribution in [2.24, 2.45) is 5.14 Å². The predicted octanol–water partition coefficient (Wildman–Crippen LogP) is 1.86. The van der Waals surface area contributed by atoms with Crippen molar-refractivity contribution in [3.05, 3.63) is 36.2 Å². The monoisotopic (exact) mass is 386 g/mol. The summed E-state index contributed by atoms with van der Waals surface area (Å²) < 4.78 is 23.1. The van der Waals surface area contributed by atoms with E-state index in [0.29, 0.717) is 22.1 Å². The van der Waals surface area contributed by atoms with E-state index in [4.69, 9.17) is 11.6 Å². The van der Waals surface area contributed by atoms with Crippen molar-refractivity contribution in [2.45, 2.75) is 23.1 Å². The van der Waals surface area contributed by atoms with Gasteiger partial charge >= 0.3 is 0 Å². The number of hydrogen-bond donors (Lipinski definition) is 2. The summed E-state index contributed by atoms with van der Waals surface area (Å²) >= 11 is 1.02. The average Bonchev–Trinajstić information content (AvgIpc) is 3.10. The average molecular weight is 386 g/mol. The molecule has 1 saturated carbocycles. The molecule has 0 atom stereocenters. The van der Waals surface area contributed by atoms with Gasteiger partial charge in [-0.05, 0) is 25.0 Å². The van der Waals surface area contributed by atoms with Crippen LogP contribution >= 0.6 is 11.3 Å². The third-order valence-electron chi connectivity index (χ3n) is 3.89. The SMILES string of the molecule is C#Cc1cnc(-c2ccc(S(N)(=O)=O)s2)nc1N(c1ccn[nH]1)C1CC1. The fourth-order valence-corrected chi connectivity index (χ4v) is 4.24. The number of thiophene rings is 1. The number of nitrogens with zero attached hydrogens (tertiary/aromatic N) is 4. The normalized spacial score (nSPS) is 14.2. The van der Waals surface area contributed by atoms with Gasteiger partial charge in [-0.3, -0.25) is 5.10 Å². The number of H-pyrrole nitrogens is 1. The molecule has 0 radical (unpaired) electrons. The van der Waals surface area contributed by atoms with E-state index >= 15 is 0 Å². The lowest BCUT2D eigenvalue weighted by Gasteiger charge is -2.22. The number of hydrogen-bond acceptors (Lipinski definition) is 7. The molecule has 10 heteroatoms. The predicted molar refractivity (Wildman–Crippen MR) is 98.4 cm³/mol. The molecule has 0 unspecified atom stereocenters. The van der Waals surface area contributed by atoms with Crippen LogP contribution in [0.4, 0.5) is 11.6 Å².